The van der Waals surface area contributed by atoms with Crippen molar-refractivity contribution in [3.8, 4) is 0 Å². The first-order valence-electron chi connectivity index (χ1n) is 8.38. The van der Waals surface area contributed by atoms with Crippen LogP contribution in [0.15, 0.2) is 65.7 Å². The van der Waals surface area contributed by atoms with Crippen LogP contribution in [0.4, 0.5) is 33.3 Å². The van der Waals surface area contributed by atoms with E-state index in [0.717, 1.165) is 18.3 Å². The summed E-state index contributed by atoms with van der Waals surface area (Å²) in [7, 11) is -4.19. The number of halogens is 5. The number of hydrogen-bond donors (Lipinski definition) is 2. The minimum absolute atomic E-state index is 0.0685. The summed E-state index contributed by atoms with van der Waals surface area (Å²) in [5.41, 5.74) is -0.961. The standard InChI is InChI=1S/C19H12F5N3O3S/c20-15-7-6-14(9-16(15)21)31(29,30)27-13-4-2-12(3-5-13)26-18(28)11-1-8-17(25-10-11)19(22,23)24/h1-10,27H,(H,26,28). The van der Waals surface area contributed by atoms with E-state index in [1.54, 1.807) is 0 Å². The number of hydrogen-bond acceptors (Lipinski definition) is 4. The highest BCUT2D eigenvalue weighted by Gasteiger charge is 2.32. The van der Waals surface area contributed by atoms with Gasteiger partial charge in [-0.2, -0.15) is 13.2 Å². The molecule has 0 bridgehead atoms. The monoisotopic (exact) mass is 457 g/mol. The molecule has 1 heterocycles. The number of sulfonamides is 1. The Balaban J connectivity index is 1.68. The van der Waals surface area contributed by atoms with Crippen molar-refractivity contribution in [1.29, 1.82) is 0 Å². The van der Waals surface area contributed by atoms with E-state index in [4.69, 9.17) is 0 Å². The normalized spacial score (nSPS) is 11.8. The number of carbonyl (C=O) groups excluding carboxylic acids is 1. The molecule has 31 heavy (non-hydrogen) atoms. The van der Waals surface area contributed by atoms with Crippen LogP contribution in [-0.2, 0) is 16.2 Å². The summed E-state index contributed by atoms with van der Waals surface area (Å²) in [5, 5.41) is 2.42. The average Bonchev–Trinajstić information content (AvgIpc) is 2.70. The summed E-state index contributed by atoms with van der Waals surface area (Å²) >= 11 is 0. The maximum atomic E-state index is 13.3. The molecule has 12 heteroatoms. The molecule has 2 aromatic carbocycles. The molecule has 0 aliphatic carbocycles. The van der Waals surface area contributed by atoms with E-state index in [9.17, 15) is 35.2 Å². The summed E-state index contributed by atoms with van der Waals surface area (Å²) in [5.74, 6) is -3.24. The second kappa shape index (κ2) is 8.30. The van der Waals surface area contributed by atoms with Crippen molar-refractivity contribution >= 4 is 27.3 Å². The molecule has 0 atom stereocenters. The van der Waals surface area contributed by atoms with E-state index in [2.05, 4.69) is 15.0 Å². The third-order valence-corrected chi connectivity index (χ3v) is 5.29. The van der Waals surface area contributed by atoms with Gasteiger partial charge in [0.15, 0.2) is 11.6 Å². The van der Waals surface area contributed by atoms with Crippen LogP contribution < -0.4 is 10.0 Å². The third kappa shape index (κ3) is 5.34. The number of nitrogens with one attached hydrogen (secondary N) is 2. The Morgan fingerprint density at radius 3 is 2.06 bits per heavy atom. The third-order valence-electron chi connectivity index (χ3n) is 3.91. The highest BCUT2D eigenvalue weighted by Crippen LogP contribution is 2.27. The predicted octanol–water partition coefficient (Wildman–Crippen LogP) is 4.43. The second-order valence-corrected chi connectivity index (χ2v) is 7.83. The van der Waals surface area contributed by atoms with E-state index in [-0.39, 0.29) is 16.9 Å². The van der Waals surface area contributed by atoms with Gasteiger partial charge in [-0.25, -0.2) is 17.2 Å². The first kappa shape index (κ1) is 22.2. The van der Waals surface area contributed by atoms with Gasteiger partial charge in [-0.05, 0) is 54.6 Å². The molecule has 3 aromatic rings. The van der Waals surface area contributed by atoms with Crippen molar-refractivity contribution in [2.45, 2.75) is 11.1 Å². The molecule has 0 aliphatic rings. The topological polar surface area (TPSA) is 88.2 Å². The number of nitrogens with zero attached hydrogens (tertiary/aromatic N) is 1. The van der Waals surface area contributed by atoms with Crippen molar-refractivity contribution < 1.29 is 35.2 Å². The number of rotatable bonds is 5. The fourth-order valence-corrected chi connectivity index (χ4v) is 3.45. The molecule has 162 valence electrons. The van der Waals surface area contributed by atoms with Crippen molar-refractivity contribution in [3.63, 3.8) is 0 Å². The Bertz CT molecular complexity index is 1210. The highest BCUT2D eigenvalue weighted by atomic mass is 32.2. The van der Waals surface area contributed by atoms with Gasteiger partial charge in [-0.15, -0.1) is 0 Å². The number of anilines is 2. The summed E-state index contributed by atoms with van der Waals surface area (Å²) in [6, 6.07) is 8.99. The van der Waals surface area contributed by atoms with Gasteiger partial charge in [0.05, 0.1) is 10.5 Å². The largest absolute Gasteiger partial charge is 0.433 e. The van der Waals surface area contributed by atoms with Crippen LogP contribution in [0.1, 0.15) is 16.1 Å². The molecule has 0 aliphatic heterocycles. The Morgan fingerprint density at radius 1 is 0.871 bits per heavy atom. The van der Waals surface area contributed by atoms with Crippen LogP contribution in [0, 0.1) is 11.6 Å². The highest BCUT2D eigenvalue weighted by molar-refractivity contribution is 7.92. The fourth-order valence-electron chi connectivity index (χ4n) is 2.38. The van der Waals surface area contributed by atoms with Crippen LogP contribution in [0.3, 0.4) is 0 Å². The molecule has 0 saturated carbocycles. The lowest BCUT2D eigenvalue weighted by Gasteiger charge is -2.10. The molecule has 3 rings (SSSR count). The fraction of sp³-hybridized carbons (Fsp3) is 0.0526. The molecule has 0 saturated heterocycles. The molecule has 1 amide bonds. The van der Waals surface area contributed by atoms with Gasteiger partial charge >= 0.3 is 6.18 Å². The van der Waals surface area contributed by atoms with Gasteiger partial charge in [-0.3, -0.25) is 14.5 Å². The zero-order valence-electron chi connectivity index (χ0n) is 15.2. The van der Waals surface area contributed by atoms with Crippen LogP contribution in [-0.4, -0.2) is 19.3 Å². The molecule has 0 spiro atoms. The number of aromatic nitrogens is 1. The molecule has 1 aromatic heterocycles. The lowest BCUT2D eigenvalue weighted by Crippen LogP contribution is -2.15. The summed E-state index contributed by atoms with van der Waals surface area (Å²) < 4.78 is 90.5. The maximum absolute atomic E-state index is 13.3. The van der Waals surface area contributed by atoms with Gasteiger partial charge in [0.2, 0.25) is 0 Å². The minimum Gasteiger partial charge on any atom is -0.322 e. The Labute approximate surface area is 172 Å². The number of carbonyl (C=O) groups is 1. The second-order valence-electron chi connectivity index (χ2n) is 6.14. The molecule has 2 N–H and O–H groups in total. The molecular weight excluding hydrogens is 445 g/mol. The van der Waals surface area contributed by atoms with Gasteiger partial charge in [-0.1, -0.05) is 0 Å². The quantitative estimate of drug-likeness (QED) is 0.555. The zero-order valence-corrected chi connectivity index (χ0v) is 16.1. The van der Waals surface area contributed by atoms with Crippen LogP contribution in [0.5, 0.6) is 0 Å². The molecule has 0 radical (unpaired) electrons. The first-order chi connectivity index (χ1) is 14.5. The van der Waals surface area contributed by atoms with E-state index < -0.39 is 44.3 Å². The Kier molecular flexibility index (Phi) is 5.93. The molecular formula is C19H12F5N3O3S. The SMILES string of the molecule is O=C(Nc1ccc(NS(=O)(=O)c2ccc(F)c(F)c2)cc1)c1ccc(C(F)(F)F)nc1. The Hall–Kier alpha value is -3.54. The smallest absolute Gasteiger partial charge is 0.322 e. The Morgan fingerprint density at radius 2 is 1.52 bits per heavy atom. The predicted molar refractivity (Wildman–Crippen MR) is 101 cm³/mol. The zero-order chi connectivity index (χ0) is 22.8. The molecule has 6 nitrogen and oxygen atoms in total. The van der Waals surface area contributed by atoms with Gasteiger partial charge in [0.1, 0.15) is 5.69 Å². The van der Waals surface area contributed by atoms with Crippen LogP contribution in [0.2, 0.25) is 0 Å². The van der Waals surface area contributed by atoms with E-state index in [1.165, 1.54) is 24.3 Å². The number of alkyl halides is 3. The average molecular weight is 457 g/mol. The van der Waals surface area contributed by atoms with Crippen molar-refractivity contribution in [3.05, 3.63) is 83.7 Å². The summed E-state index contributed by atoms with van der Waals surface area (Å²) in [4.78, 5) is 14.8. The van der Waals surface area contributed by atoms with Crippen molar-refractivity contribution in [2.24, 2.45) is 0 Å². The van der Waals surface area contributed by atoms with Crippen molar-refractivity contribution in [1.82, 2.24) is 4.98 Å². The summed E-state index contributed by atoms with van der Waals surface area (Å²) in [6.45, 7) is 0. The van der Waals surface area contributed by atoms with Gasteiger partial charge < -0.3 is 5.32 Å². The number of amides is 1. The van der Waals surface area contributed by atoms with E-state index in [0.29, 0.717) is 18.2 Å². The first-order valence-corrected chi connectivity index (χ1v) is 9.86. The van der Waals surface area contributed by atoms with Crippen molar-refractivity contribution in [2.75, 3.05) is 10.0 Å². The minimum atomic E-state index is -4.63. The summed E-state index contributed by atoms with van der Waals surface area (Å²) in [6.07, 6.45) is -3.85. The molecule has 0 fully saturated rings. The van der Waals surface area contributed by atoms with E-state index >= 15 is 0 Å². The lowest BCUT2D eigenvalue weighted by molar-refractivity contribution is -0.141. The number of benzene rings is 2. The maximum Gasteiger partial charge on any atom is 0.433 e. The van der Waals surface area contributed by atoms with Crippen LogP contribution >= 0.6 is 0 Å². The lowest BCUT2D eigenvalue weighted by atomic mass is 10.2. The van der Waals surface area contributed by atoms with Gasteiger partial charge in [0, 0.05) is 17.6 Å². The van der Waals surface area contributed by atoms with Gasteiger partial charge in [0.25, 0.3) is 15.9 Å². The van der Waals surface area contributed by atoms with E-state index in [1.807, 2.05) is 0 Å². The van der Waals surface area contributed by atoms with Crippen LogP contribution in [0.25, 0.3) is 0 Å². The number of pyridine rings is 1. The molecule has 0 unspecified atom stereocenters.